The van der Waals surface area contributed by atoms with Crippen molar-refractivity contribution in [1.82, 2.24) is 9.55 Å². The van der Waals surface area contributed by atoms with Gasteiger partial charge in [-0.15, -0.1) is 0 Å². The van der Waals surface area contributed by atoms with Gasteiger partial charge in [0.05, 0.1) is 12.6 Å². The van der Waals surface area contributed by atoms with Gasteiger partial charge in [0, 0.05) is 0 Å². The summed E-state index contributed by atoms with van der Waals surface area (Å²) in [6.07, 6.45) is 0. The van der Waals surface area contributed by atoms with Crippen molar-refractivity contribution >= 4 is 11.8 Å². The van der Waals surface area contributed by atoms with Gasteiger partial charge in [0.25, 0.3) is 0 Å². The Balaban J connectivity index is 2.40. The van der Waals surface area contributed by atoms with Crippen LogP contribution in [0.25, 0.3) is 0 Å². The van der Waals surface area contributed by atoms with Crippen LogP contribution < -0.4 is 5.73 Å². The molecule has 0 saturated heterocycles. The predicted molar refractivity (Wildman–Crippen MR) is 82.3 cm³/mol. The van der Waals surface area contributed by atoms with E-state index in [0.717, 1.165) is 5.56 Å². The second-order valence-corrected chi connectivity index (χ2v) is 5.07. The molecule has 0 bridgehead atoms. The molecular weight excluding hydrogens is 266 g/mol. The molecule has 0 amide bonds. The number of nitrogens with two attached hydrogens (primary N) is 1. The van der Waals surface area contributed by atoms with Crippen molar-refractivity contribution in [3.63, 3.8) is 0 Å². The number of rotatable bonds is 4. The van der Waals surface area contributed by atoms with E-state index in [9.17, 15) is 4.79 Å². The molecule has 0 aliphatic carbocycles. The number of carbonyl (C=O) groups is 1. The first-order valence-corrected chi connectivity index (χ1v) is 7.03. The lowest BCUT2D eigenvalue weighted by Gasteiger charge is -2.17. The van der Waals surface area contributed by atoms with Gasteiger partial charge in [-0.1, -0.05) is 29.8 Å². The molecule has 1 heterocycles. The zero-order chi connectivity index (χ0) is 15.6. The first kappa shape index (κ1) is 15.1. The number of nitrogen functional groups attached to an aromatic ring is 1. The van der Waals surface area contributed by atoms with Crippen LogP contribution in [0, 0.1) is 13.8 Å². The first-order chi connectivity index (χ1) is 9.95. The van der Waals surface area contributed by atoms with E-state index in [-0.39, 0.29) is 11.7 Å². The summed E-state index contributed by atoms with van der Waals surface area (Å²) in [6, 6.07) is 8.23. The normalized spacial score (nSPS) is 12.2. The highest BCUT2D eigenvalue weighted by Crippen LogP contribution is 2.26. The minimum Gasteiger partial charge on any atom is -0.461 e. The molecule has 1 unspecified atom stereocenters. The number of benzene rings is 1. The Morgan fingerprint density at radius 2 is 1.95 bits per heavy atom. The molecule has 5 heteroatoms. The number of esters is 1. The lowest BCUT2D eigenvalue weighted by molar-refractivity contribution is 0.0521. The quantitative estimate of drug-likeness (QED) is 0.878. The molecule has 0 aliphatic rings. The van der Waals surface area contributed by atoms with Gasteiger partial charge in [0.1, 0.15) is 11.6 Å². The number of hydrogen-bond donors (Lipinski definition) is 1. The van der Waals surface area contributed by atoms with Crippen molar-refractivity contribution in [2.45, 2.75) is 33.7 Å². The highest BCUT2D eigenvalue weighted by Gasteiger charge is 2.22. The zero-order valence-electron chi connectivity index (χ0n) is 12.9. The SMILES string of the molecule is CCOC(=O)c1nc(C)n(C(C)c2ccc(C)cc2)c1N. The molecule has 0 fully saturated rings. The third-order valence-corrected chi connectivity index (χ3v) is 3.54. The second-order valence-electron chi connectivity index (χ2n) is 5.07. The minimum absolute atomic E-state index is 0.00118. The van der Waals surface area contributed by atoms with Crippen LogP contribution in [-0.2, 0) is 4.74 Å². The van der Waals surface area contributed by atoms with Gasteiger partial charge in [-0.25, -0.2) is 9.78 Å². The first-order valence-electron chi connectivity index (χ1n) is 7.03. The summed E-state index contributed by atoms with van der Waals surface area (Å²) in [5, 5.41) is 0. The van der Waals surface area contributed by atoms with Crippen LogP contribution in [0.1, 0.15) is 47.3 Å². The van der Waals surface area contributed by atoms with E-state index in [1.54, 1.807) is 6.92 Å². The summed E-state index contributed by atoms with van der Waals surface area (Å²) in [5.74, 6) is 0.565. The third-order valence-electron chi connectivity index (χ3n) is 3.54. The number of nitrogens with zero attached hydrogens (tertiary/aromatic N) is 2. The van der Waals surface area contributed by atoms with E-state index < -0.39 is 5.97 Å². The Bertz CT molecular complexity index is 644. The summed E-state index contributed by atoms with van der Waals surface area (Å²) in [5.41, 5.74) is 8.61. The molecule has 1 aromatic heterocycles. The van der Waals surface area contributed by atoms with Crippen LogP contribution in [0.4, 0.5) is 5.82 Å². The van der Waals surface area contributed by atoms with Gasteiger partial charge in [-0.2, -0.15) is 0 Å². The monoisotopic (exact) mass is 287 g/mol. The fraction of sp³-hybridized carbons (Fsp3) is 0.375. The average Bonchev–Trinajstić information content (AvgIpc) is 2.74. The maximum absolute atomic E-state index is 11.9. The molecule has 21 heavy (non-hydrogen) atoms. The van der Waals surface area contributed by atoms with E-state index in [1.807, 2.05) is 25.3 Å². The summed E-state index contributed by atoms with van der Waals surface area (Å²) < 4.78 is 6.84. The predicted octanol–water partition coefficient (Wildman–Crippen LogP) is 2.87. The highest BCUT2D eigenvalue weighted by atomic mass is 16.5. The largest absolute Gasteiger partial charge is 0.461 e. The van der Waals surface area contributed by atoms with Gasteiger partial charge in [-0.05, 0) is 33.3 Å². The molecule has 0 aliphatic heterocycles. The van der Waals surface area contributed by atoms with Crippen molar-refractivity contribution in [1.29, 1.82) is 0 Å². The maximum atomic E-state index is 11.9. The van der Waals surface area contributed by atoms with Gasteiger partial charge in [0.2, 0.25) is 0 Å². The van der Waals surface area contributed by atoms with E-state index in [1.165, 1.54) is 5.56 Å². The Hall–Kier alpha value is -2.30. The molecule has 1 atom stereocenters. The van der Waals surface area contributed by atoms with Crippen LogP contribution in [0.5, 0.6) is 0 Å². The van der Waals surface area contributed by atoms with E-state index in [4.69, 9.17) is 10.5 Å². The average molecular weight is 287 g/mol. The number of ether oxygens (including phenoxy) is 1. The smallest absolute Gasteiger partial charge is 0.360 e. The Labute approximate surface area is 124 Å². The topological polar surface area (TPSA) is 70.1 Å². The van der Waals surface area contributed by atoms with Gasteiger partial charge >= 0.3 is 5.97 Å². The summed E-state index contributed by atoms with van der Waals surface area (Å²) >= 11 is 0. The number of aromatic nitrogens is 2. The molecule has 1 aromatic carbocycles. The lowest BCUT2D eigenvalue weighted by atomic mass is 10.1. The number of aryl methyl sites for hydroxylation is 2. The number of imidazole rings is 1. The standard InChI is InChI=1S/C16H21N3O2/c1-5-21-16(20)14-15(17)19(12(4)18-14)11(3)13-8-6-10(2)7-9-13/h6-9,11H,5,17H2,1-4H3. The van der Waals surface area contributed by atoms with E-state index in [0.29, 0.717) is 18.2 Å². The molecular formula is C16H21N3O2. The van der Waals surface area contributed by atoms with Gasteiger partial charge < -0.3 is 15.0 Å². The van der Waals surface area contributed by atoms with Crippen molar-refractivity contribution in [3.8, 4) is 0 Å². The molecule has 0 spiro atoms. The van der Waals surface area contributed by atoms with E-state index >= 15 is 0 Å². The van der Waals surface area contributed by atoms with Crippen molar-refractivity contribution < 1.29 is 9.53 Å². The molecule has 0 saturated carbocycles. The summed E-state index contributed by atoms with van der Waals surface area (Å²) in [6.45, 7) is 7.98. The van der Waals surface area contributed by atoms with Crippen molar-refractivity contribution in [2.75, 3.05) is 12.3 Å². The van der Waals surface area contributed by atoms with Gasteiger partial charge in [0.15, 0.2) is 5.69 Å². The Kier molecular flexibility index (Phi) is 4.31. The molecule has 5 nitrogen and oxygen atoms in total. The second kappa shape index (κ2) is 5.99. The fourth-order valence-electron chi connectivity index (χ4n) is 2.39. The molecule has 0 radical (unpaired) electrons. The van der Waals surface area contributed by atoms with Crippen LogP contribution in [0.2, 0.25) is 0 Å². The van der Waals surface area contributed by atoms with Crippen molar-refractivity contribution in [2.24, 2.45) is 0 Å². The minimum atomic E-state index is -0.479. The fourth-order valence-corrected chi connectivity index (χ4v) is 2.39. The molecule has 2 aromatic rings. The Morgan fingerprint density at radius 3 is 2.52 bits per heavy atom. The van der Waals surface area contributed by atoms with Gasteiger partial charge in [-0.3, -0.25) is 0 Å². The van der Waals surface area contributed by atoms with E-state index in [2.05, 4.69) is 29.2 Å². The lowest BCUT2D eigenvalue weighted by Crippen LogP contribution is -2.13. The van der Waals surface area contributed by atoms with Crippen LogP contribution in [0.15, 0.2) is 24.3 Å². The maximum Gasteiger partial charge on any atom is 0.360 e. The van der Waals surface area contributed by atoms with Crippen LogP contribution in [-0.4, -0.2) is 22.1 Å². The molecule has 2 rings (SSSR count). The summed E-state index contributed by atoms with van der Waals surface area (Å²) in [7, 11) is 0. The zero-order valence-corrected chi connectivity index (χ0v) is 12.9. The Morgan fingerprint density at radius 1 is 1.33 bits per heavy atom. The molecule has 112 valence electrons. The number of hydrogen-bond acceptors (Lipinski definition) is 4. The third kappa shape index (κ3) is 2.91. The van der Waals surface area contributed by atoms with Crippen molar-refractivity contribution in [3.05, 3.63) is 46.9 Å². The highest BCUT2D eigenvalue weighted by molar-refractivity contribution is 5.92. The number of carbonyl (C=O) groups excluding carboxylic acids is 1. The number of anilines is 1. The van der Waals surface area contributed by atoms with Crippen LogP contribution in [0.3, 0.4) is 0 Å². The van der Waals surface area contributed by atoms with Crippen LogP contribution >= 0.6 is 0 Å². The summed E-state index contributed by atoms with van der Waals surface area (Å²) in [4.78, 5) is 16.1. The molecule has 2 N–H and O–H groups in total.